The maximum absolute atomic E-state index is 11.8. The zero-order valence-corrected chi connectivity index (χ0v) is 13.5. The third-order valence-electron chi connectivity index (χ3n) is 4.27. The predicted molar refractivity (Wildman–Crippen MR) is 88.7 cm³/mol. The number of carbonyl (C=O) groups excluding carboxylic acids is 1. The molecule has 0 saturated carbocycles. The highest BCUT2D eigenvalue weighted by Crippen LogP contribution is 2.28. The highest BCUT2D eigenvalue weighted by molar-refractivity contribution is 5.96. The first-order valence-electron chi connectivity index (χ1n) is 7.74. The van der Waals surface area contributed by atoms with Crippen molar-refractivity contribution >= 4 is 11.6 Å². The van der Waals surface area contributed by atoms with E-state index < -0.39 is 0 Å². The average molecular weight is 286 g/mol. The van der Waals surface area contributed by atoms with Crippen LogP contribution in [0.4, 0.5) is 5.69 Å². The summed E-state index contributed by atoms with van der Waals surface area (Å²) in [5.41, 5.74) is 4.33. The average Bonchev–Trinajstić information content (AvgIpc) is 2.44. The molecule has 1 aromatic rings. The number of carbonyl (C=O) groups is 1. The summed E-state index contributed by atoms with van der Waals surface area (Å²) in [6, 6.07) is 5.86. The van der Waals surface area contributed by atoms with Gasteiger partial charge in [-0.05, 0) is 56.2 Å². The number of hydrogen-bond acceptors (Lipinski definition) is 2. The fourth-order valence-corrected chi connectivity index (χ4v) is 3.30. The minimum atomic E-state index is -0.0267. The lowest BCUT2D eigenvalue weighted by molar-refractivity contribution is 0.0962. The summed E-state index contributed by atoms with van der Waals surface area (Å²) < 4.78 is 0. The van der Waals surface area contributed by atoms with Crippen molar-refractivity contribution in [1.82, 2.24) is 5.32 Å². The van der Waals surface area contributed by atoms with Crippen molar-refractivity contribution in [3.05, 3.63) is 41.0 Å². The molecular formula is C18H26N2O. The molecule has 0 radical (unpaired) electrons. The van der Waals surface area contributed by atoms with Crippen LogP contribution in [0.25, 0.3) is 0 Å². The summed E-state index contributed by atoms with van der Waals surface area (Å²) in [7, 11) is 1.67. The van der Waals surface area contributed by atoms with Gasteiger partial charge < -0.3 is 10.6 Å². The standard InChI is InChI=1S/C18H26N2O/c1-12-8-13(2)10-15(9-12)11-20-17-7-5-6-16(14(17)3)18(21)19-4/h5-8,12,15,20H,9-11H2,1-4H3,(H,19,21). The summed E-state index contributed by atoms with van der Waals surface area (Å²) >= 11 is 0. The predicted octanol–water partition coefficient (Wildman–Crippen LogP) is 3.76. The van der Waals surface area contributed by atoms with Gasteiger partial charge in [-0.3, -0.25) is 4.79 Å². The number of anilines is 1. The molecule has 0 bridgehead atoms. The summed E-state index contributed by atoms with van der Waals surface area (Å²) in [4.78, 5) is 11.8. The number of amides is 1. The summed E-state index contributed by atoms with van der Waals surface area (Å²) in [5, 5.41) is 6.23. The number of hydrogen-bond donors (Lipinski definition) is 2. The molecule has 1 aliphatic carbocycles. The molecule has 1 aliphatic rings. The van der Waals surface area contributed by atoms with E-state index in [4.69, 9.17) is 0 Å². The Kier molecular flexibility index (Phi) is 5.05. The highest BCUT2D eigenvalue weighted by Gasteiger charge is 2.18. The molecule has 2 N–H and O–H groups in total. The van der Waals surface area contributed by atoms with Gasteiger partial charge in [0.25, 0.3) is 5.91 Å². The van der Waals surface area contributed by atoms with Crippen LogP contribution in [0.15, 0.2) is 29.8 Å². The Bertz CT molecular complexity index is 548. The Balaban J connectivity index is 2.04. The molecule has 0 aliphatic heterocycles. The molecule has 0 fully saturated rings. The zero-order valence-electron chi connectivity index (χ0n) is 13.5. The molecule has 2 unspecified atom stereocenters. The molecule has 3 heteroatoms. The van der Waals surface area contributed by atoms with Gasteiger partial charge in [0.05, 0.1) is 0 Å². The second kappa shape index (κ2) is 6.79. The van der Waals surface area contributed by atoms with Gasteiger partial charge in [-0.1, -0.05) is 24.6 Å². The first kappa shape index (κ1) is 15.6. The van der Waals surface area contributed by atoms with Crippen LogP contribution in [-0.2, 0) is 0 Å². The second-order valence-corrected chi connectivity index (χ2v) is 6.23. The maximum atomic E-state index is 11.8. The Morgan fingerprint density at radius 2 is 2.10 bits per heavy atom. The molecule has 3 nitrogen and oxygen atoms in total. The third kappa shape index (κ3) is 3.87. The van der Waals surface area contributed by atoms with Crippen molar-refractivity contribution in [2.24, 2.45) is 11.8 Å². The number of allylic oxidation sites excluding steroid dienone is 2. The Labute approximate surface area is 127 Å². The van der Waals surface area contributed by atoms with E-state index in [1.807, 2.05) is 19.1 Å². The maximum Gasteiger partial charge on any atom is 0.251 e. The van der Waals surface area contributed by atoms with Crippen molar-refractivity contribution in [2.75, 3.05) is 18.9 Å². The van der Waals surface area contributed by atoms with E-state index in [1.165, 1.54) is 18.4 Å². The fraction of sp³-hybridized carbons (Fsp3) is 0.500. The van der Waals surface area contributed by atoms with Gasteiger partial charge in [0.1, 0.15) is 0 Å². The topological polar surface area (TPSA) is 41.1 Å². The van der Waals surface area contributed by atoms with Crippen molar-refractivity contribution in [3.63, 3.8) is 0 Å². The number of rotatable bonds is 4. The molecule has 0 aromatic heterocycles. The SMILES string of the molecule is CNC(=O)c1cccc(NCC2CC(C)=CC(C)C2)c1C. The van der Waals surface area contributed by atoms with E-state index in [1.54, 1.807) is 7.05 Å². The van der Waals surface area contributed by atoms with Crippen molar-refractivity contribution < 1.29 is 4.79 Å². The van der Waals surface area contributed by atoms with Crippen molar-refractivity contribution in [1.29, 1.82) is 0 Å². The van der Waals surface area contributed by atoms with E-state index in [-0.39, 0.29) is 5.91 Å². The number of nitrogens with one attached hydrogen (secondary N) is 2. The zero-order chi connectivity index (χ0) is 15.4. The van der Waals surface area contributed by atoms with Gasteiger partial charge in [-0.25, -0.2) is 0 Å². The van der Waals surface area contributed by atoms with Gasteiger partial charge in [0, 0.05) is 24.8 Å². The highest BCUT2D eigenvalue weighted by atomic mass is 16.1. The van der Waals surface area contributed by atoms with E-state index in [9.17, 15) is 4.79 Å². The minimum absolute atomic E-state index is 0.0267. The van der Waals surface area contributed by atoms with Gasteiger partial charge in [0.15, 0.2) is 0 Å². The molecule has 0 saturated heterocycles. The van der Waals surface area contributed by atoms with Crippen molar-refractivity contribution in [2.45, 2.75) is 33.6 Å². The molecule has 0 heterocycles. The third-order valence-corrected chi connectivity index (χ3v) is 4.27. The van der Waals surface area contributed by atoms with E-state index in [0.717, 1.165) is 23.4 Å². The Hall–Kier alpha value is -1.77. The molecule has 2 atom stereocenters. The molecular weight excluding hydrogens is 260 g/mol. The van der Waals surface area contributed by atoms with Crippen LogP contribution in [0, 0.1) is 18.8 Å². The second-order valence-electron chi connectivity index (χ2n) is 6.23. The van der Waals surface area contributed by atoms with Crippen LogP contribution in [-0.4, -0.2) is 19.5 Å². The van der Waals surface area contributed by atoms with Crippen LogP contribution in [0.3, 0.4) is 0 Å². The lowest BCUT2D eigenvalue weighted by Crippen LogP contribution is -2.22. The van der Waals surface area contributed by atoms with Gasteiger partial charge in [0.2, 0.25) is 0 Å². The van der Waals surface area contributed by atoms with E-state index >= 15 is 0 Å². The van der Waals surface area contributed by atoms with E-state index in [2.05, 4.69) is 36.6 Å². The Morgan fingerprint density at radius 3 is 2.76 bits per heavy atom. The van der Waals surface area contributed by atoms with E-state index in [0.29, 0.717) is 11.8 Å². The lowest BCUT2D eigenvalue weighted by atomic mass is 9.83. The molecule has 2 rings (SSSR count). The first-order valence-corrected chi connectivity index (χ1v) is 7.74. The van der Waals surface area contributed by atoms with Crippen LogP contribution in [0.2, 0.25) is 0 Å². The quantitative estimate of drug-likeness (QED) is 0.827. The normalized spacial score (nSPS) is 21.6. The smallest absolute Gasteiger partial charge is 0.251 e. The number of benzene rings is 1. The monoisotopic (exact) mass is 286 g/mol. The van der Waals surface area contributed by atoms with Gasteiger partial charge in [-0.15, -0.1) is 0 Å². The molecule has 1 aromatic carbocycles. The van der Waals surface area contributed by atoms with Crippen LogP contribution in [0.1, 0.15) is 42.6 Å². The Morgan fingerprint density at radius 1 is 1.33 bits per heavy atom. The van der Waals surface area contributed by atoms with Crippen molar-refractivity contribution in [3.8, 4) is 0 Å². The molecule has 0 spiro atoms. The molecule has 114 valence electrons. The largest absolute Gasteiger partial charge is 0.385 e. The fourth-order valence-electron chi connectivity index (χ4n) is 3.30. The van der Waals surface area contributed by atoms with Gasteiger partial charge in [-0.2, -0.15) is 0 Å². The van der Waals surface area contributed by atoms with Crippen LogP contribution < -0.4 is 10.6 Å². The van der Waals surface area contributed by atoms with Gasteiger partial charge >= 0.3 is 0 Å². The summed E-state index contributed by atoms with van der Waals surface area (Å²) in [6.07, 6.45) is 4.79. The summed E-state index contributed by atoms with van der Waals surface area (Å²) in [6.45, 7) is 7.47. The van der Waals surface area contributed by atoms with Crippen LogP contribution in [0.5, 0.6) is 0 Å². The van der Waals surface area contributed by atoms with Crippen LogP contribution >= 0.6 is 0 Å². The summed E-state index contributed by atoms with van der Waals surface area (Å²) in [5.74, 6) is 1.32. The lowest BCUT2D eigenvalue weighted by Gasteiger charge is -2.26. The molecule has 1 amide bonds. The first-order chi connectivity index (χ1) is 10.0. The molecule has 21 heavy (non-hydrogen) atoms. The minimum Gasteiger partial charge on any atom is -0.385 e.